The minimum Gasteiger partial charge on any atom is -0.492 e. The Kier molecular flexibility index (Phi) is 7.50. The molecule has 0 bridgehead atoms. The van der Waals surface area contributed by atoms with Gasteiger partial charge in [0.05, 0.1) is 18.8 Å². The zero-order chi connectivity index (χ0) is 20.5. The van der Waals surface area contributed by atoms with E-state index in [-0.39, 0.29) is 18.4 Å². The second-order valence-corrected chi connectivity index (χ2v) is 7.11. The summed E-state index contributed by atoms with van der Waals surface area (Å²) in [6.07, 6.45) is 4.55. The van der Waals surface area contributed by atoms with Gasteiger partial charge in [-0.1, -0.05) is 25.0 Å². The fraction of sp³-hybridized carbons (Fsp3) is 0.391. The Morgan fingerprint density at radius 2 is 1.66 bits per heavy atom. The first kappa shape index (κ1) is 20.7. The summed E-state index contributed by atoms with van der Waals surface area (Å²) in [5.74, 6) is 0.574. The van der Waals surface area contributed by atoms with Crippen molar-refractivity contribution in [1.29, 1.82) is 0 Å². The van der Waals surface area contributed by atoms with Crippen LogP contribution in [0.1, 0.15) is 43.0 Å². The highest BCUT2D eigenvalue weighted by molar-refractivity contribution is 5.96. The number of anilines is 2. The second-order valence-electron chi connectivity index (χ2n) is 7.11. The fourth-order valence-electron chi connectivity index (χ4n) is 3.42. The second kappa shape index (κ2) is 10.5. The van der Waals surface area contributed by atoms with E-state index in [2.05, 4.69) is 10.6 Å². The Morgan fingerprint density at radius 1 is 0.966 bits per heavy atom. The van der Waals surface area contributed by atoms with Crippen LogP contribution in [0, 0.1) is 0 Å². The molecule has 1 fully saturated rings. The van der Waals surface area contributed by atoms with E-state index in [1.165, 1.54) is 12.8 Å². The number of nitrogens with zero attached hydrogens (tertiary/aromatic N) is 1. The van der Waals surface area contributed by atoms with E-state index in [1.807, 2.05) is 60.4 Å². The number of nitrogens with one attached hydrogen (secondary N) is 2. The number of para-hydroxylation sites is 2. The molecule has 29 heavy (non-hydrogen) atoms. The third-order valence-corrected chi connectivity index (χ3v) is 4.94. The fourth-order valence-corrected chi connectivity index (χ4v) is 3.42. The topological polar surface area (TPSA) is 70.7 Å². The molecule has 6 nitrogen and oxygen atoms in total. The van der Waals surface area contributed by atoms with Gasteiger partial charge in [0.25, 0.3) is 5.91 Å². The smallest absolute Gasteiger partial charge is 0.253 e. The lowest BCUT2D eigenvalue weighted by Crippen LogP contribution is -2.31. The molecule has 154 valence electrons. The first-order chi connectivity index (χ1) is 14.2. The van der Waals surface area contributed by atoms with Gasteiger partial charge in [-0.2, -0.15) is 0 Å². The number of amides is 2. The molecule has 1 aliphatic rings. The largest absolute Gasteiger partial charge is 0.492 e. The number of hydrogen-bond acceptors (Lipinski definition) is 4. The van der Waals surface area contributed by atoms with Crippen molar-refractivity contribution in [3.63, 3.8) is 0 Å². The summed E-state index contributed by atoms with van der Waals surface area (Å²) in [5.41, 5.74) is 2.14. The van der Waals surface area contributed by atoms with Crippen molar-refractivity contribution in [2.24, 2.45) is 0 Å². The van der Waals surface area contributed by atoms with Crippen LogP contribution in [0.3, 0.4) is 0 Å². The monoisotopic (exact) mass is 395 g/mol. The van der Waals surface area contributed by atoms with Crippen molar-refractivity contribution in [3.05, 3.63) is 54.1 Å². The van der Waals surface area contributed by atoms with Crippen LogP contribution in [0.25, 0.3) is 0 Å². The van der Waals surface area contributed by atoms with Crippen LogP contribution < -0.4 is 15.4 Å². The lowest BCUT2D eigenvalue weighted by molar-refractivity contribution is -0.114. The van der Waals surface area contributed by atoms with Crippen LogP contribution in [0.2, 0.25) is 0 Å². The summed E-state index contributed by atoms with van der Waals surface area (Å²) in [5, 5.41) is 5.95. The summed E-state index contributed by atoms with van der Waals surface area (Å²) < 4.78 is 5.52. The number of carbonyl (C=O) groups is 2. The highest BCUT2D eigenvalue weighted by atomic mass is 16.5. The molecule has 2 aromatic carbocycles. The third kappa shape index (κ3) is 5.98. The van der Waals surface area contributed by atoms with Gasteiger partial charge in [0.1, 0.15) is 5.75 Å². The van der Waals surface area contributed by atoms with E-state index in [1.54, 1.807) is 0 Å². The maximum Gasteiger partial charge on any atom is 0.253 e. The Balaban J connectivity index is 1.52. The van der Waals surface area contributed by atoms with E-state index < -0.39 is 0 Å². The Morgan fingerprint density at radius 3 is 2.34 bits per heavy atom. The average Bonchev–Trinajstić information content (AvgIpc) is 3.03. The molecule has 0 saturated carbocycles. The van der Waals surface area contributed by atoms with E-state index in [0.29, 0.717) is 23.6 Å². The van der Waals surface area contributed by atoms with Gasteiger partial charge >= 0.3 is 0 Å². The van der Waals surface area contributed by atoms with Gasteiger partial charge in [0, 0.05) is 24.3 Å². The lowest BCUT2D eigenvalue weighted by Gasteiger charge is -2.20. The van der Waals surface area contributed by atoms with E-state index in [9.17, 15) is 9.59 Å². The zero-order valence-corrected chi connectivity index (χ0v) is 16.9. The molecule has 6 heteroatoms. The summed E-state index contributed by atoms with van der Waals surface area (Å²) >= 11 is 0. The van der Waals surface area contributed by atoms with Gasteiger partial charge in [0.2, 0.25) is 5.91 Å². The molecule has 3 rings (SSSR count). The minimum absolute atomic E-state index is 0.0868. The maximum atomic E-state index is 12.6. The highest BCUT2D eigenvalue weighted by Crippen LogP contribution is 2.23. The molecule has 1 aliphatic heterocycles. The Bertz CT molecular complexity index is 812. The van der Waals surface area contributed by atoms with Gasteiger partial charge in [-0.15, -0.1) is 0 Å². The quantitative estimate of drug-likeness (QED) is 0.739. The van der Waals surface area contributed by atoms with Crippen LogP contribution in [0.5, 0.6) is 5.75 Å². The Labute approximate surface area is 172 Å². The SMILES string of the molecule is CCOc1ccccc1NC(=O)CNc1ccc(C(=O)N2CCCCCC2)cc1. The molecule has 0 aliphatic carbocycles. The van der Waals surface area contributed by atoms with E-state index in [0.717, 1.165) is 31.6 Å². The molecule has 1 heterocycles. The first-order valence-electron chi connectivity index (χ1n) is 10.3. The molecular weight excluding hydrogens is 366 g/mol. The third-order valence-electron chi connectivity index (χ3n) is 4.94. The molecule has 0 radical (unpaired) electrons. The molecule has 0 unspecified atom stereocenters. The van der Waals surface area contributed by atoms with Gasteiger partial charge < -0.3 is 20.3 Å². The molecule has 0 atom stereocenters. The van der Waals surface area contributed by atoms with Crippen molar-refractivity contribution >= 4 is 23.2 Å². The molecule has 2 aromatic rings. The molecule has 0 aromatic heterocycles. The summed E-state index contributed by atoms with van der Waals surface area (Å²) in [6, 6.07) is 14.7. The minimum atomic E-state index is -0.165. The summed E-state index contributed by atoms with van der Waals surface area (Å²) in [6.45, 7) is 4.24. The van der Waals surface area contributed by atoms with Crippen LogP contribution in [-0.4, -0.2) is 43.0 Å². The molecule has 1 saturated heterocycles. The first-order valence-corrected chi connectivity index (χ1v) is 10.3. The van der Waals surface area contributed by atoms with Gasteiger partial charge in [-0.05, 0) is 56.2 Å². The molecular formula is C23H29N3O3. The Hall–Kier alpha value is -3.02. The number of ether oxygens (including phenoxy) is 1. The van der Waals surface area contributed by atoms with E-state index >= 15 is 0 Å². The predicted molar refractivity (Wildman–Crippen MR) is 116 cm³/mol. The highest BCUT2D eigenvalue weighted by Gasteiger charge is 2.17. The normalized spacial score (nSPS) is 14.0. The number of rotatable bonds is 7. The van der Waals surface area contributed by atoms with Crippen molar-refractivity contribution in [2.45, 2.75) is 32.6 Å². The average molecular weight is 396 g/mol. The summed E-state index contributed by atoms with van der Waals surface area (Å²) in [7, 11) is 0. The van der Waals surface area contributed by atoms with Gasteiger partial charge in [-0.3, -0.25) is 9.59 Å². The zero-order valence-electron chi connectivity index (χ0n) is 16.9. The maximum absolute atomic E-state index is 12.6. The van der Waals surface area contributed by atoms with Crippen LogP contribution >= 0.6 is 0 Å². The van der Waals surface area contributed by atoms with Crippen molar-refractivity contribution in [3.8, 4) is 5.75 Å². The standard InChI is InChI=1S/C23H29N3O3/c1-2-29-21-10-6-5-9-20(21)25-22(27)17-24-19-13-11-18(12-14-19)23(28)26-15-7-3-4-8-16-26/h5-6,9-14,24H,2-4,7-8,15-17H2,1H3,(H,25,27). The van der Waals surface area contributed by atoms with Crippen LogP contribution in [0.4, 0.5) is 11.4 Å². The van der Waals surface area contributed by atoms with Gasteiger partial charge in [0.15, 0.2) is 0 Å². The number of carbonyl (C=O) groups excluding carboxylic acids is 2. The number of likely N-dealkylation sites (tertiary alicyclic amines) is 1. The predicted octanol–water partition coefficient (Wildman–Crippen LogP) is 4.15. The van der Waals surface area contributed by atoms with Crippen molar-refractivity contribution < 1.29 is 14.3 Å². The van der Waals surface area contributed by atoms with Crippen LogP contribution in [-0.2, 0) is 4.79 Å². The van der Waals surface area contributed by atoms with Crippen LogP contribution in [0.15, 0.2) is 48.5 Å². The van der Waals surface area contributed by atoms with Crippen molar-refractivity contribution in [2.75, 3.05) is 36.9 Å². The summed E-state index contributed by atoms with van der Waals surface area (Å²) in [4.78, 5) is 26.9. The van der Waals surface area contributed by atoms with Crippen molar-refractivity contribution in [1.82, 2.24) is 4.90 Å². The lowest BCUT2D eigenvalue weighted by atomic mass is 10.1. The van der Waals surface area contributed by atoms with E-state index in [4.69, 9.17) is 4.74 Å². The number of benzene rings is 2. The molecule has 2 N–H and O–H groups in total. The van der Waals surface area contributed by atoms with Gasteiger partial charge in [-0.25, -0.2) is 0 Å². The molecule has 0 spiro atoms. The molecule has 2 amide bonds. The number of hydrogen-bond donors (Lipinski definition) is 2.